The molecule has 0 aliphatic rings. The van der Waals surface area contributed by atoms with Crippen molar-refractivity contribution in [3.63, 3.8) is 0 Å². The summed E-state index contributed by atoms with van der Waals surface area (Å²) in [6.45, 7) is 2.10. The number of unbranched alkanes of at least 4 members (excludes halogenated alkanes) is 1. The maximum absolute atomic E-state index is 5.73. The molecular weight excluding hydrogens is 210 g/mol. The molecule has 1 aromatic rings. The van der Waals surface area contributed by atoms with Crippen LogP contribution in [0.15, 0.2) is 18.3 Å². The molecule has 0 spiro atoms. The third kappa shape index (κ3) is 5.60. The number of anilines is 1. The summed E-state index contributed by atoms with van der Waals surface area (Å²) in [5.74, 6) is 0.893. The minimum atomic E-state index is 0.674. The highest BCUT2D eigenvalue weighted by atomic mass is 35.5. The summed E-state index contributed by atoms with van der Waals surface area (Å²) in [6, 6.07) is 3.74. The van der Waals surface area contributed by atoms with E-state index in [1.165, 1.54) is 6.42 Å². The first-order valence-electron chi connectivity index (χ1n) is 5.18. The van der Waals surface area contributed by atoms with Crippen LogP contribution in [0.3, 0.4) is 0 Å². The van der Waals surface area contributed by atoms with Gasteiger partial charge in [-0.05, 0) is 45.6 Å². The van der Waals surface area contributed by atoms with E-state index < -0.39 is 0 Å². The number of hydrogen-bond acceptors (Lipinski definition) is 3. The van der Waals surface area contributed by atoms with Crippen LogP contribution in [-0.2, 0) is 0 Å². The Kier molecular flexibility index (Phi) is 5.43. The van der Waals surface area contributed by atoms with Crippen LogP contribution in [0.5, 0.6) is 0 Å². The molecule has 3 nitrogen and oxygen atoms in total. The average molecular weight is 228 g/mol. The van der Waals surface area contributed by atoms with Gasteiger partial charge in [0.05, 0.1) is 5.02 Å². The van der Waals surface area contributed by atoms with Crippen molar-refractivity contribution >= 4 is 17.4 Å². The van der Waals surface area contributed by atoms with Gasteiger partial charge >= 0.3 is 0 Å². The van der Waals surface area contributed by atoms with Crippen LogP contribution in [0, 0.1) is 0 Å². The van der Waals surface area contributed by atoms with Crippen LogP contribution >= 0.6 is 11.6 Å². The Morgan fingerprint density at radius 1 is 1.33 bits per heavy atom. The van der Waals surface area contributed by atoms with Gasteiger partial charge in [0.15, 0.2) is 0 Å². The Bertz CT molecular complexity index is 272. The molecule has 1 aromatic heterocycles. The van der Waals surface area contributed by atoms with E-state index in [0.717, 1.165) is 25.3 Å². The van der Waals surface area contributed by atoms with Gasteiger partial charge in [-0.15, -0.1) is 0 Å². The Hall–Kier alpha value is -0.800. The highest BCUT2D eigenvalue weighted by Gasteiger charge is 1.94. The molecule has 0 unspecified atom stereocenters. The largest absolute Gasteiger partial charge is 0.370 e. The Balaban J connectivity index is 2.12. The zero-order valence-electron chi connectivity index (χ0n) is 9.33. The monoisotopic (exact) mass is 227 g/mol. The molecule has 1 N–H and O–H groups in total. The molecule has 1 heterocycles. The van der Waals surface area contributed by atoms with E-state index in [1.54, 1.807) is 6.20 Å². The number of pyridine rings is 1. The second-order valence-electron chi connectivity index (χ2n) is 3.80. The van der Waals surface area contributed by atoms with E-state index in [1.807, 2.05) is 12.1 Å². The topological polar surface area (TPSA) is 28.2 Å². The second kappa shape index (κ2) is 6.64. The van der Waals surface area contributed by atoms with Crippen molar-refractivity contribution in [2.24, 2.45) is 0 Å². The van der Waals surface area contributed by atoms with Crippen LogP contribution in [0.2, 0.25) is 5.02 Å². The molecule has 84 valence electrons. The zero-order chi connectivity index (χ0) is 11.1. The molecule has 0 saturated heterocycles. The third-order valence-electron chi connectivity index (χ3n) is 2.07. The first-order chi connectivity index (χ1) is 7.18. The molecule has 0 amide bonds. The van der Waals surface area contributed by atoms with Crippen molar-refractivity contribution in [2.45, 2.75) is 12.8 Å². The van der Waals surface area contributed by atoms with Gasteiger partial charge in [-0.3, -0.25) is 0 Å². The molecule has 15 heavy (non-hydrogen) atoms. The first kappa shape index (κ1) is 12.3. The number of halogens is 1. The van der Waals surface area contributed by atoms with Crippen molar-refractivity contribution in [1.82, 2.24) is 9.88 Å². The zero-order valence-corrected chi connectivity index (χ0v) is 10.1. The lowest BCUT2D eigenvalue weighted by molar-refractivity contribution is 0.396. The highest BCUT2D eigenvalue weighted by Crippen LogP contribution is 2.09. The lowest BCUT2D eigenvalue weighted by atomic mass is 10.3. The predicted octanol–water partition coefficient (Wildman–Crippen LogP) is 2.49. The van der Waals surface area contributed by atoms with Gasteiger partial charge in [0.25, 0.3) is 0 Å². The smallest absolute Gasteiger partial charge is 0.125 e. The van der Waals surface area contributed by atoms with Gasteiger partial charge in [-0.25, -0.2) is 4.98 Å². The van der Waals surface area contributed by atoms with Crippen molar-refractivity contribution in [3.8, 4) is 0 Å². The summed E-state index contributed by atoms with van der Waals surface area (Å²) < 4.78 is 0. The summed E-state index contributed by atoms with van der Waals surface area (Å²) in [4.78, 5) is 6.35. The molecule has 0 saturated carbocycles. The van der Waals surface area contributed by atoms with Crippen molar-refractivity contribution in [3.05, 3.63) is 23.4 Å². The average Bonchev–Trinajstić information content (AvgIpc) is 2.20. The molecule has 0 fully saturated rings. The summed E-state index contributed by atoms with van der Waals surface area (Å²) in [6.07, 6.45) is 4.01. The summed E-state index contributed by atoms with van der Waals surface area (Å²) in [7, 11) is 4.18. The van der Waals surface area contributed by atoms with Crippen molar-refractivity contribution in [2.75, 3.05) is 32.5 Å². The molecular formula is C11H18ClN3. The number of hydrogen-bond donors (Lipinski definition) is 1. The number of nitrogens with one attached hydrogen (secondary N) is 1. The third-order valence-corrected chi connectivity index (χ3v) is 2.29. The summed E-state index contributed by atoms with van der Waals surface area (Å²) in [5.41, 5.74) is 0. The molecule has 0 aliphatic heterocycles. The quantitative estimate of drug-likeness (QED) is 0.757. The molecule has 0 radical (unpaired) electrons. The van der Waals surface area contributed by atoms with Crippen molar-refractivity contribution < 1.29 is 0 Å². The van der Waals surface area contributed by atoms with Crippen LogP contribution in [0.1, 0.15) is 12.8 Å². The molecule has 0 atom stereocenters. The van der Waals surface area contributed by atoms with Crippen LogP contribution < -0.4 is 5.32 Å². The second-order valence-corrected chi connectivity index (χ2v) is 4.24. The number of nitrogens with zero attached hydrogens (tertiary/aromatic N) is 2. The molecule has 0 aromatic carbocycles. The van der Waals surface area contributed by atoms with E-state index in [2.05, 4.69) is 29.3 Å². The Morgan fingerprint density at radius 3 is 2.73 bits per heavy atom. The van der Waals surface area contributed by atoms with E-state index >= 15 is 0 Å². The van der Waals surface area contributed by atoms with E-state index in [9.17, 15) is 0 Å². The minimum Gasteiger partial charge on any atom is -0.370 e. The molecule has 1 rings (SSSR count). The lowest BCUT2D eigenvalue weighted by Gasteiger charge is -2.09. The maximum Gasteiger partial charge on any atom is 0.125 e. The predicted molar refractivity (Wildman–Crippen MR) is 65.5 cm³/mol. The Labute approximate surface area is 96.5 Å². The normalized spacial score (nSPS) is 10.7. The van der Waals surface area contributed by atoms with Gasteiger partial charge in [0.2, 0.25) is 0 Å². The molecule has 0 aliphatic carbocycles. The van der Waals surface area contributed by atoms with Crippen LogP contribution in [0.25, 0.3) is 0 Å². The maximum atomic E-state index is 5.73. The van der Waals surface area contributed by atoms with Crippen LogP contribution in [-0.4, -0.2) is 37.1 Å². The fourth-order valence-corrected chi connectivity index (χ4v) is 1.36. The first-order valence-corrected chi connectivity index (χ1v) is 5.56. The molecule has 0 bridgehead atoms. The number of rotatable bonds is 6. The van der Waals surface area contributed by atoms with Crippen molar-refractivity contribution in [1.29, 1.82) is 0 Å². The SMILES string of the molecule is CN(C)CCCCNc1ccc(Cl)cn1. The Morgan fingerprint density at radius 2 is 2.13 bits per heavy atom. The standard InChI is InChI=1S/C11H18ClN3/c1-15(2)8-4-3-7-13-11-6-5-10(12)9-14-11/h5-6,9H,3-4,7-8H2,1-2H3,(H,13,14). The highest BCUT2D eigenvalue weighted by molar-refractivity contribution is 6.30. The fraction of sp³-hybridized carbons (Fsp3) is 0.545. The summed E-state index contributed by atoms with van der Waals surface area (Å²) >= 11 is 5.73. The minimum absolute atomic E-state index is 0.674. The van der Waals surface area contributed by atoms with E-state index in [4.69, 9.17) is 11.6 Å². The van der Waals surface area contributed by atoms with E-state index in [-0.39, 0.29) is 0 Å². The fourth-order valence-electron chi connectivity index (χ4n) is 1.25. The van der Waals surface area contributed by atoms with Gasteiger partial charge in [-0.1, -0.05) is 11.6 Å². The van der Waals surface area contributed by atoms with Gasteiger partial charge in [0.1, 0.15) is 5.82 Å². The van der Waals surface area contributed by atoms with Crippen LogP contribution in [0.4, 0.5) is 5.82 Å². The number of aromatic nitrogens is 1. The van der Waals surface area contributed by atoms with E-state index in [0.29, 0.717) is 5.02 Å². The lowest BCUT2D eigenvalue weighted by Crippen LogP contribution is -2.14. The summed E-state index contributed by atoms with van der Waals surface area (Å²) in [5, 5.41) is 3.93. The molecule has 4 heteroatoms. The van der Waals surface area contributed by atoms with Gasteiger partial charge in [0, 0.05) is 12.7 Å². The van der Waals surface area contributed by atoms with Gasteiger partial charge in [-0.2, -0.15) is 0 Å². The van der Waals surface area contributed by atoms with Gasteiger partial charge < -0.3 is 10.2 Å².